The number of hydrogen-bond acceptors (Lipinski definition) is 4. The number of aromatic nitrogens is 2. The molecule has 7 nitrogen and oxygen atoms in total. The fraction of sp³-hybridized carbons (Fsp3) is 0.571. The number of aryl methyl sites for hydroxylation is 1. The highest BCUT2D eigenvalue weighted by Crippen LogP contribution is 2.18. The number of carbonyl (C=O) groups is 2. The molecular formula is C21H30N4O3. The maximum Gasteiger partial charge on any atom is 0.242 e. The number of aliphatic hydroxyl groups is 1. The molecule has 0 spiro atoms. The Kier molecular flexibility index (Phi) is 6.34. The van der Waals surface area contributed by atoms with Crippen LogP contribution in [0.25, 0.3) is 11.0 Å². The summed E-state index contributed by atoms with van der Waals surface area (Å²) >= 11 is 0. The Morgan fingerprint density at radius 1 is 1.25 bits per heavy atom. The van der Waals surface area contributed by atoms with E-state index in [1.807, 2.05) is 49.6 Å². The zero-order valence-corrected chi connectivity index (χ0v) is 16.9. The lowest BCUT2D eigenvalue weighted by atomic mass is 10.1. The maximum absolute atomic E-state index is 13.0. The molecule has 0 aliphatic carbocycles. The molecule has 2 heterocycles. The number of nitrogens with zero attached hydrogens (tertiary/aromatic N) is 3. The number of fused-ring (bicyclic) bond motifs is 1. The van der Waals surface area contributed by atoms with Crippen LogP contribution in [0.2, 0.25) is 0 Å². The second-order valence-corrected chi connectivity index (χ2v) is 7.75. The third-order valence-electron chi connectivity index (χ3n) is 5.42. The lowest BCUT2D eigenvalue weighted by molar-refractivity contribution is -0.131. The third kappa shape index (κ3) is 4.35. The Labute approximate surface area is 165 Å². The van der Waals surface area contributed by atoms with E-state index in [9.17, 15) is 14.7 Å². The number of nitrogens with one attached hydrogen (secondary N) is 1. The molecule has 1 aromatic carbocycles. The molecule has 2 atom stereocenters. The number of imidazole rings is 1. The molecule has 0 saturated carbocycles. The van der Waals surface area contributed by atoms with Gasteiger partial charge in [0.25, 0.3) is 0 Å². The number of aliphatic hydroxyl groups excluding tert-OH is 1. The topological polar surface area (TPSA) is 87.5 Å². The number of hydrogen-bond donors (Lipinski definition) is 2. The molecule has 1 aliphatic heterocycles. The molecule has 0 bridgehead atoms. The number of carbonyl (C=O) groups excluding carboxylic acids is 2. The number of likely N-dealkylation sites (tertiary alicyclic amines) is 1. The van der Waals surface area contributed by atoms with E-state index in [-0.39, 0.29) is 30.3 Å². The second kappa shape index (κ2) is 8.73. The van der Waals surface area contributed by atoms with E-state index >= 15 is 0 Å². The monoisotopic (exact) mass is 386 g/mol. The molecule has 0 radical (unpaired) electrons. The summed E-state index contributed by atoms with van der Waals surface area (Å²) < 4.78 is 1.98. The van der Waals surface area contributed by atoms with Crippen LogP contribution < -0.4 is 5.32 Å². The van der Waals surface area contributed by atoms with Gasteiger partial charge in [-0.1, -0.05) is 32.9 Å². The van der Waals surface area contributed by atoms with Gasteiger partial charge in [0.2, 0.25) is 11.8 Å². The highest BCUT2D eigenvalue weighted by molar-refractivity contribution is 5.81. The normalized spacial score (nSPS) is 20.4. The van der Waals surface area contributed by atoms with Crippen molar-refractivity contribution in [3.8, 4) is 0 Å². The van der Waals surface area contributed by atoms with Crippen LogP contribution in [-0.4, -0.2) is 56.6 Å². The number of benzene rings is 1. The summed E-state index contributed by atoms with van der Waals surface area (Å²) in [5, 5.41) is 13.3. The van der Waals surface area contributed by atoms with Crippen molar-refractivity contribution in [1.82, 2.24) is 19.8 Å². The van der Waals surface area contributed by atoms with Crippen molar-refractivity contribution in [1.29, 1.82) is 0 Å². The van der Waals surface area contributed by atoms with Gasteiger partial charge in [-0.2, -0.15) is 0 Å². The van der Waals surface area contributed by atoms with Crippen molar-refractivity contribution in [2.75, 3.05) is 13.1 Å². The van der Waals surface area contributed by atoms with Crippen LogP contribution in [0.5, 0.6) is 0 Å². The summed E-state index contributed by atoms with van der Waals surface area (Å²) in [6, 6.07) is 7.53. The van der Waals surface area contributed by atoms with E-state index < -0.39 is 6.10 Å². The molecule has 1 aromatic heterocycles. The molecule has 2 N–H and O–H groups in total. The smallest absolute Gasteiger partial charge is 0.242 e. The van der Waals surface area contributed by atoms with Crippen molar-refractivity contribution in [3.63, 3.8) is 0 Å². The first kappa shape index (κ1) is 20.3. The largest absolute Gasteiger partial charge is 0.391 e. The van der Waals surface area contributed by atoms with Gasteiger partial charge in [-0.3, -0.25) is 9.59 Å². The average molecular weight is 386 g/mol. The summed E-state index contributed by atoms with van der Waals surface area (Å²) in [7, 11) is 0. The zero-order chi connectivity index (χ0) is 20.3. The minimum Gasteiger partial charge on any atom is -0.391 e. The maximum atomic E-state index is 13.0. The molecule has 1 fully saturated rings. The van der Waals surface area contributed by atoms with E-state index in [0.717, 1.165) is 23.3 Å². The molecule has 3 rings (SSSR count). The van der Waals surface area contributed by atoms with Crippen LogP contribution in [-0.2, 0) is 22.6 Å². The fourth-order valence-electron chi connectivity index (χ4n) is 3.66. The molecule has 1 aliphatic rings. The fourth-order valence-corrected chi connectivity index (χ4v) is 3.66. The highest BCUT2D eigenvalue weighted by Gasteiger charge is 2.29. The number of para-hydroxylation sites is 2. The lowest BCUT2D eigenvalue weighted by Gasteiger charge is -2.22. The van der Waals surface area contributed by atoms with Gasteiger partial charge in [0.05, 0.1) is 23.2 Å². The van der Waals surface area contributed by atoms with Gasteiger partial charge in [0.15, 0.2) is 0 Å². The van der Waals surface area contributed by atoms with Crippen LogP contribution in [0, 0.1) is 5.92 Å². The Morgan fingerprint density at radius 3 is 2.68 bits per heavy atom. The summed E-state index contributed by atoms with van der Waals surface area (Å²) in [4.78, 5) is 31.4. The van der Waals surface area contributed by atoms with Crippen molar-refractivity contribution in [2.24, 2.45) is 5.92 Å². The summed E-state index contributed by atoms with van der Waals surface area (Å²) in [5.74, 6) is 0.712. The Morgan fingerprint density at radius 2 is 1.96 bits per heavy atom. The first-order chi connectivity index (χ1) is 13.4. The highest BCUT2D eigenvalue weighted by atomic mass is 16.3. The molecule has 0 unspecified atom stereocenters. The number of rotatable bonds is 5. The predicted octanol–water partition coefficient (Wildman–Crippen LogP) is 1.72. The summed E-state index contributed by atoms with van der Waals surface area (Å²) in [5.41, 5.74) is 1.86. The van der Waals surface area contributed by atoms with Crippen LogP contribution >= 0.6 is 0 Å². The van der Waals surface area contributed by atoms with E-state index in [2.05, 4.69) is 10.3 Å². The van der Waals surface area contributed by atoms with Gasteiger partial charge in [0, 0.05) is 25.4 Å². The molecule has 2 aromatic rings. The van der Waals surface area contributed by atoms with Gasteiger partial charge >= 0.3 is 0 Å². The summed E-state index contributed by atoms with van der Waals surface area (Å²) in [6.45, 7) is 6.94. The van der Waals surface area contributed by atoms with Gasteiger partial charge in [0.1, 0.15) is 12.4 Å². The molecule has 1 saturated heterocycles. The minimum absolute atomic E-state index is 0.0147. The first-order valence-electron chi connectivity index (χ1n) is 10.1. The van der Waals surface area contributed by atoms with Gasteiger partial charge in [-0.15, -0.1) is 0 Å². The van der Waals surface area contributed by atoms with E-state index in [0.29, 0.717) is 25.9 Å². The van der Waals surface area contributed by atoms with Crippen LogP contribution in [0.1, 0.15) is 39.4 Å². The summed E-state index contributed by atoms with van der Waals surface area (Å²) in [6.07, 6.45) is 1.13. The molecule has 152 valence electrons. The Bertz CT molecular complexity index is 845. The van der Waals surface area contributed by atoms with Crippen LogP contribution in [0.4, 0.5) is 0 Å². The van der Waals surface area contributed by atoms with E-state index in [4.69, 9.17) is 0 Å². The molecule has 28 heavy (non-hydrogen) atoms. The molecule has 7 heteroatoms. The zero-order valence-electron chi connectivity index (χ0n) is 16.9. The van der Waals surface area contributed by atoms with Crippen LogP contribution in [0.15, 0.2) is 24.3 Å². The van der Waals surface area contributed by atoms with Crippen molar-refractivity contribution in [2.45, 2.75) is 58.7 Å². The Balaban J connectivity index is 1.70. The number of amides is 2. The standard InChI is InChI=1S/C21H30N4O3/c1-4-19-22-15-7-5-6-8-17(15)25(19)13-20(27)24-11-9-16(18(26)10-12-24)23-21(28)14(2)3/h5-8,14,16,18,26H,4,9-13H2,1-3H3,(H,23,28)/t16-,18-/m0/s1. The van der Waals surface area contributed by atoms with Crippen molar-refractivity contribution >= 4 is 22.8 Å². The van der Waals surface area contributed by atoms with Gasteiger partial charge < -0.3 is 19.9 Å². The molecular weight excluding hydrogens is 356 g/mol. The second-order valence-electron chi connectivity index (χ2n) is 7.75. The van der Waals surface area contributed by atoms with Crippen molar-refractivity contribution in [3.05, 3.63) is 30.1 Å². The minimum atomic E-state index is -0.638. The third-order valence-corrected chi connectivity index (χ3v) is 5.42. The first-order valence-corrected chi connectivity index (χ1v) is 10.1. The lowest BCUT2D eigenvalue weighted by Crippen LogP contribution is -2.44. The predicted molar refractivity (Wildman–Crippen MR) is 108 cm³/mol. The van der Waals surface area contributed by atoms with Crippen molar-refractivity contribution < 1.29 is 14.7 Å². The van der Waals surface area contributed by atoms with Crippen LogP contribution in [0.3, 0.4) is 0 Å². The molecule has 2 amide bonds. The van der Waals surface area contributed by atoms with Gasteiger partial charge in [-0.25, -0.2) is 4.98 Å². The van der Waals surface area contributed by atoms with E-state index in [1.54, 1.807) is 4.90 Å². The van der Waals surface area contributed by atoms with E-state index in [1.165, 1.54) is 0 Å². The SMILES string of the molecule is CCc1nc2ccccc2n1CC(=O)N1CC[C@H](NC(=O)C(C)C)[C@@H](O)CC1. The van der Waals surface area contributed by atoms with Gasteiger partial charge in [-0.05, 0) is 25.0 Å². The quantitative estimate of drug-likeness (QED) is 0.819. The average Bonchev–Trinajstić information content (AvgIpc) is 2.93. The Hall–Kier alpha value is -2.41.